The highest BCUT2D eigenvalue weighted by Gasteiger charge is 2.15. The van der Waals surface area contributed by atoms with Crippen molar-refractivity contribution in [2.75, 3.05) is 0 Å². The molecule has 0 fully saturated rings. The number of nitrogens with two attached hydrogens (primary N) is 1. The third kappa shape index (κ3) is 4.01. The van der Waals surface area contributed by atoms with Gasteiger partial charge in [-0.1, -0.05) is 29.8 Å². The van der Waals surface area contributed by atoms with Crippen molar-refractivity contribution in [3.63, 3.8) is 0 Å². The molecule has 0 aliphatic carbocycles. The minimum atomic E-state index is -3.72. The zero-order chi connectivity index (χ0) is 15.5. The first-order chi connectivity index (χ1) is 9.92. The number of halogens is 2. The number of hydrogen-bond acceptors (Lipinski definition) is 3. The zero-order valence-corrected chi connectivity index (χ0v) is 12.6. The average molecular weight is 329 g/mol. The van der Waals surface area contributed by atoms with Crippen LogP contribution in [-0.2, 0) is 23.1 Å². The molecule has 0 aliphatic heterocycles. The van der Waals surface area contributed by atoms with Gasteiger partial charge in [0.05, 0.1) is 4.90 Å². The minimum Gasteiger partial charge on any atom is -0.326 e. The molecule has 0 atom stereocenters. The molecule has 0 saturated heterocycles. The summed E-state index contributed by atoms with van der Waals surface area (Å²) in [6.45, 7) is 0.228. The van der Waals surface area contributed by atoms with E-state index in [4.69, 9.17) is 17.3 Å². The van der Waals surface area contributed by atoms with Crippen LogP contribution in [0.3, 0.4) is 0 Å². The van der Waals surface area contributed by atoms with Crippen molar-refractivity contribution in [1.29, 1.82) is 0 Å². The summed E-state index contributed by atoms with van der Waals surface area (Å²) in [5, 5.41) is 0.297. The number of rotatable bonds is 5. The van der Waals surface area contributed by atoms with Crippen molar-refractivity contribution < 1.29 is 12.8 Å². The smallest absolute Gasteiger partial charge is 0.240 e. The lowest BCUT2D eigenvalue weighted by atomic mass is 10.2. The number of sulfonamides is 1. The van der Waals surface area contributed by atoms with Gasteiger partial charge in [-0.3, -0.25) is 0 Å². The van der Waals surface area contributed by atoms with Crippen molar-refractivity contribution in [3.05, 3.63) is 64.4 Å². The van der Waals surface area contributed by atoms with E-state index >= 15 is 0 Å². The van der Waals surface area contributed by atoms with E-state index < -0.39 is 15.8 Å². The monoisotopic (exact) mass is 328 g/mol. The molecule has 21 heavy (non-hydrogen) atoms. The maximum absolute atomic E-state index is 13.0. The first kappa shape index (κ1) is 15.9. The van der Waals surface area contributed by atoms with Gasteiger partial charge in [0.1, 0.15) is 5.82 Å². The van der Waals surface area contributed by atoms with Crippen LogP contribution in [-0.4, -0.2) is 8.42 Å². The van der Waals surface area contributed by atoms with Crippen molar-refractivity contribution in [2.45, 2.75) is 18.0 Å². The van der Waals surface area contributed by atoms with Gasteiger partial charge in [-0.2, -0.15) is 0 Å². The fraction of sp³-hybridized carbons (Fsp3) is 0.143. The van der Waals surface area contributed by atoms with Crippen LogP contribution in [0.15, 0.2) is 47.4 Å². The van der Waals surface area contributed by atoms with Crippen LogP contribution >= 0.6 is 11.6 Å². The van der Waals surface area contributed by atoms with Crippen LogP contribution in [0.4, 0.5) is 4.39 Å². The predicted molar refractivity (Wildman–Crippen MR) is 79.8 cm³/mol. The number of hydrogen-bond donors (Lipinski definition) is 2. The molecule has 0 bridgehead atoms. The van der Waals surface area contributed by atoms with Crippen molar-refractivity contribution in [1.82, 2.24) is 4.72 Å². The summed E-state index contributed by atoms with van der Waals surface area (Å²) in [7, 11) is -3.72. The molecule has 0 unspecified atom stereocenters. The van der Waals surface area contributed by atoms with Crippen LogP contribution in [0.5, 0.6) is 0 Å². The van der Waals surface area contributed by atoms with Gasteiger partial charge in [-0.25, -0.2) is 17.5 Å². The van der Waals surface area contributed by atoms with Crippen LogP contribution in [0.1, 0.15) is 11.1 Å². The number of benzene rings is 2. The van der Waals surface area contributed by atoms with Crippen LogP contribution in [0.2, 0.25) is 5.02 Å². The van der Waals surface area contributed by atoms with E-state index in [-0.39, 0.29) is 18.0 Å². The van der Waals surface area contributed by atoms with Gasteiger partial charge in [-0.15, -0.1) is 0 Å². The molecule has 2 aromatic rings. The molecular weight excluding hydrogens is 315 g/mol. The maximum Gasteiger partial charge on any atom is 0.240 e. The average Bonchev–Trinajstić information content (AvgIpc) is 2.45. The van der Waals surface area contributed by atoms with Gasteiger partial charge >= 0.3 is 0 Å². The molecule has 7 heteroatoms. The zero-order valence-electron chi connectivity index (χ0n) is 11.0. The van der Waals surface area contributed by atoms with E-state index in [0.29, 0.717) is 16.1 Å². The summed E-state index contributed by atoms with van der Waals surface area (Å²) in [5.74, 6) is -0.415. The van der Waals surface area contributed by atoms with Gasteiger partial charge in [0, 0.05) is 18.1 Å². The van der Waals surface area contributed by atoms with Gasteiger partial charge in [0.15, 0.2) is 0 Å². The molecule has 0 spiro atoms. The summed E-state index contributed by atoms with van der Waals surface area (Å²) in [4.78, 5) is 0.0427. The van der Waals surface area contributed by atoms with E-state index in [0.717, 1.165) is 0 Å². The highest BCUT2D eigenvalue weighted by molar-refractivity contribution is 7.89. The highest BCUT2D eigenvalue weighted by atomic mass is 35.5. The Morgan fingerprint density at radius 2 is 1.95 bits per heavy atom. The van der Waals surface area contributed by atoms with E-state index in [1.165, 1.54) is 30.3 Å². The molecule has 4 nitrogen and oxygen atoms in total. The van der Waals surface area contributed by atoms with Crippen LogP contribution in [0, 0.1) is 5.82 Å². The second-order valence-corrected chi connectivity index (χ2v) is 6.59. The Labute approximate surface area is 127 Å². The van der Waals surface area contributed by atoms with Crippen LogP contribution < -0.4 is 10.5 Å². The first-order valence-corrected chi connectivity index (χ1v) is 8.01. The Bertz CT molecular complexity index is 750. The lowest BCUT2D eigenvalue weighted by Gasteiger charge is -2.09. The van der Waals surface area contributed by atoms with Crippen molar-refractivity contribution >= 4 is 21.6 Å². The Kier molecular flexibility index (Phi) is 4.95. The van der Waals surface area contributed by atoms with E-state index in [2.05, 4.69) is 4.72 Å². The van der Waals surface area contributed by atoms with Gasteiger partial charge in [0.25, 0.3) is 0 Å². The summed E-state index contributed by atoms with van der Waals surface area (Å²) in [6.07, 6.45) is 0. The third-order valence-electron chi connectivity index (χ3n) is 2.91. The molecule has 3 N–H and O–H groups in total. The second-order valence-electron chi connectivity index (χ2n) is 4.41. The van der Waals surface area contributed by atoms with E-state index in [1.54, 1.807) is 12.1 Å². The quantitative estimate of drug-likeness (QED) is 0.885. The van der Waals surface area contributed by atoms with Crippen molar-refractivity contribution in [3.8, 4) is 0 Å². The van der Waals surface area contributed by atoms with Gasteiger partial charge in [-0.05, 0) is 35.4 Å². The number of nitrogens with one attached hydrogen (secondary N) is 1. The predicted octanol–water partition coefficient (Wildman–Crippen LogP) is 2.42. The summed E-state index contributed by atoms with van der Waals surface area (Å²) in [6, 6.07) is 10.1. The molecular formula is C14H14ClFN2O2S. The standard InChI is InChI=1S/C14H14ClFN2O2S/c15-14-7-13(5-4-11(14)8-17)21(19,20)18-9-10-2-1-3-12(16)6-10/h1-7,18H,8-9,17H2. The molecule has 2 rings (SSSR count). The molecule has 0 amide bonds. The Morgan fingerprint density at radius 1 is 1.19 bits per heavy atom. The Morgan fingerprint density at radius 3 is 2.57 bits per heavy atom. The van der Waals surface area contributed by atoms with E-state index in [9.17, 15) is 12.8 Å². The fourth-order valence-electron chi connectivity index (χ4n) is 1.77. The summed E-state index contributed by atoms with van der Waals surface area (Å²) in [5.41, 5.74) is 6.67. The normalized spacial score (nSPS) is 11.6. The Balaban J connectivity index is 2.17. The summed E-state index contributed by atoms with van der Waals surface area (Å²) >= 11 is 5.95. The molecule has 0 heterocycles. The molecule has 0 radical (unpaired) electrons. The Hall–Kier alpha value is -1.47. The van der Waals surface area contributed by atoms with Gasteiger partial charge < -0.3 is 5.73 Å². The van der Waals surface area contributed by atoms with Crippen LogP contribution in [0.25, 0.3) is 0 Å². The second kappa shape index (κ2) is 6.53. The van der Waals surface area contributed by atoms with Crippen molar-refractivity contribution in [2.24, 2.45) is 5.73 Å². The molecule has 2 aromatic carbocycles. The SMILES string of the molecule is NCc1ccc(S(=O)(=O)NCc2cccc(F)c2)cc1Cl. The first-order valence-electron chi connectivity index (χ1n) is 6.15. The highest BCUT2D eigenvalue weighted by Crippen LogP contribution is 2.20. The third-order valence-corrected chi connectivity index (χ3v) is 4.66. The molecule has 112 valence electrons. The molecule has 0 saturated carbocycles. The largest absolute Gasteiger partial charge is 0.326 e. The summed E-state index contributed by atoms with van der Waals surface area (Å²) < 4.78 is 39.7. The lowest BCUT2D eigenvalue weighted by molar-refractivity contribution is 0.580. The minimum absolute atomic E-state index is 0.00362. The van der Waals surface area contributed by atoms with Gasteiger partial charge in [0.2, 0.25) is 10.0 Å². The molecule has 0 aromatic heterocycles. The fourth-order valence-corrected chi connectivity index (χ4v) is 3.14. The maximum atomic E-state index is 13.0. The topological polar surface area (TPSA) is 72.2 Å². The lowest BCUT2D eigenvalue weighted by Crippen LogP contribution is -2.23. The van der Waals surface area contributed by atoms with E-state index in [1.807, 2.05) is 0 Å². The molecule has 0 aliphatic rings.